The Labute approximate surface area is 167 Å². The summed E-state index contributed by atoms with van der Waals surface area (Å²) in [4.78, 5) is 0. The van der Waals surface area contributed by atoms with Crippen LogP contribution in [0.1, 0.15) is 37.0 Å². The molecule has 0 bridgehead atoms. The van der Waals surface area contributed by atoms with Crippen LogP contribution in [-0.2, 0) is 13.2 Å². The smallest absolute Gasteiger partial charge is 0.142 e. The summed E-state index contributed by atoms with van der Waals surface area (Å²) in [5.41, 5.74) is 3.34. The Bertz CT molecular complexity index is 657. The Hall–Kier alpha value is -0.930. The summed E-state index contributed by atoms with van der Waals surface area (Å²) < 4.78 is 6.00. The summed E-state index contributed by atoms with van der Waals surface area (Å²) in [5.74, 6) is 1.39. The van der Waals surface area contributed by atoms with Crippen molar-refractivity contribution in [1.82, 2.24) is 5.32 Å². The molecule has 0 aliphatic heterocycles. The largest absolute Gasteiger partial charge is 0.487 e. The zero-order valence-corrected chi connectivity index (χ0v) is 17.3. The zero-order chi connectivity index (χ0) is 17.5. The van der Waals surface area contributed by atoms with Crippen LogP contribution in [0.25, 0.3) is 0 Å². The predicted octanol–water partition coefficient (Wildman–Crippen LogP) is 6.44. The highest BCUT2D eigenvalue weighted by Gasteiger charge is 2.11. The molecule has 2 nitrogen and oxygen atoms in total. The molecule has 2 aromatic rings. The van der Waals surface area contributed by atoms with Crippen LogP contribution in [0.15, 0.2) is 36.4 Å². The molecule has 2 aromatic carbocycles. The van der Waals surface area contributed by atoms with E-state index in [9.17, 15) is 0 Å². The van der Waals surface area contributed by atoms with E-state index < -0.39 is 0 Å². The molecule has 2 rings (SSSR count). The van der Waals surface area contributed by atoms with Gasteiger partial charge in [-0.3, -0.25) is 0 Å². The number of ether oxygens (including phenoxy) is 1. The molecular formula is C20H26Cl3NO. The molecule has 0 heterocycles. The van der Waals surface area contributed by atoms with E-state index in [0.717, 1.165) is 24.1 Å². The van der Waals surface area contributed by atoms with Crippen molar-refractivity contribution >= 4 is 35.6 Å². The minimum Gasteiger partial charge on any atom is -0.487 e. The van der Waals surface area contributed by atoms with Gasteiger partial charge in [0.2, 0.25) is 0 Å². The Kier molecular flexibility index (Phi) is 9.66. The molecule has 0 saturated heterocycles. The van der Waals surface area contributed by atoms with E-state index in [1.165, 1.54) is 5.56 Å². The molecule has 0 radical (unpaired) electrons. The molecule has 0 saturated carbocycles. The fourth-order valence-corrected chi connectivity index (χ4v) is 2.95. The normalized spacial score (nSPS) is 10.6. The lowest BCUT2D eigenvalue weighted by Gasteiger charge is -2.15. The van der Waals surface area contributed by atoms with E-state index in [2.05, 4.69) is 50.4 Å². The van der Waals surface area contributed by atoms with Crippen LogP contribution in [0.4, 0.5) is 0 Å². The van der Waals surface area contributed by atoms with Crippen molar-refractivity contribution in [3.8, 4) is 5.75 Å². The maximum Gasteiger partial charge on any atom is 0.142 e. The Morgan fingerprint density at radius 1 is 1.08 bits per heavy atom. The predicted molar refractivity (Wildman–Crippen MR) is 110 cm³/mol. The van der Waals surface area contributed by atoms with E-state index in [4.69, 9.17) is 27.9 Å². The van der Waals surface area contributed by atoms with Crippen LogP contribution in [0.2, 0.25) is 10.0 Å². The second-order valence-electron chi connectivity index (χ2n) is 6.51. The minimum atomic E-state index is 0. The maximum atomic E-state index is 6.35. The van der Waals surface area contributed by atoms with Crippen LogP contribution < -0.4 is 10.1 Å². The highest BCUT2D eigenvalue weighted by Crippen LogP contribution is 2.33. The lowest BCUT2D eigenvalue weighted by Crippen LogP contribution is -2.17. The molecule has 0 aliphatic carbocycles. The average molecular weight is 403 g/mol. The molecule has 0 aromatic heterocycles. The van der Waals surface area contributed by atoms with Gasteiger partial charge in [-0.2, -0.15) is 0 Å². The van der Waals surface area contributed by atoms with E-state index in [-0.39, 0.29) is 12.4 Å². The molecule has 25 heavy (non-hydrogen) atoms. The summed E-state index contributed by atoms with van der Waals surface area (Å²) in [6.07, 6.45) is 1.13. The van der Waals surface area contributed by atoms with E-state index in [1.807, 2.05) is 6.07 Å². The minimum absolute atomic E-state index is 0. The third kappa shape index (κ3) is 7.45. The lowest BCUT2D eigenvalue weighted by atomic mass is 10.1. The van der Waals surface area contributed by atoms with Crippen molar-refractivity contribution in [2.24, 2.45) is 5.92 Å². The van der Waals surface area contributed by atoms with Crippen molar-refractivity contribution in [2.45, 2.75) is 40.3 Å². The van der Waals surface area contributed by atoms with Gasteiger partial charge < -0.3 is 10.1 Å². The van der Waals surface area contributed by atoms with Gasteiger partial charge in [0.1, 0.15) is 12.4 Å². The van der Waals surface area contributed by atoms with Crippen molar-refractivity contribution in [3.63, 3.8) is 0 Å². The summed E-state index contributed by atoms with van der Waals surface area (Å²) in [5, 5.41) is 4.62. The van der Waals surface area contributed by atoms with E-state index in [0.29, 0.717) is 34.9 Å². The fourth-order valence-electron chi connectivity index (χ4n) is 2.36. The van der Waals surface area contributed by atoms with Crippen molar-refractivity contribution < 1.29 is 4.74 Å². The lowest BCUT2D eigenvalue weighted by molar-refractivity contribution is 0.302. The molecular weight excluding hydrogens is 377 g/mol. The van der Waals surface area contributed by atoms with E-state index in [1.54, 1.807) is 6.07 Å². The van der Waals surface area contributed by atoms with Gasteiger partial charge >= 0.3 is 0 Å². The number of rotatable bonds is 8. The SMILES string of the molecule is Cc1ccc(COc2c(Cl)cc(Cl)cc2CNCCC(C)C)cc1.Cl. The monoisotopic (exact) mass is 401 g/mol. The molecule has 1 N–H and O–H groups in total. The first kappa shape index (κ1) is 22.1. The highest BCUT2D eigenvalue weighted by atomic mass is 35.5. The summed E-state index contributed by atoms with van der Waals surface area (Å²) in [6.45, 7) is 8.64. The standard InChI is InChI=1S/C20H25Cl2NO.ClH/c1-14(2)8-9-23-12-17-10-18(21)11-19(22)20(17)24-13-16-6-4-15(3)5-7-16;/h4-7,10-11,14,23H,8-9,12-13H2,1-3H3;1H. The quantitative estimate of drug-likeness (QED) is 0.513. The second kappa shape index (κ2) is 10.9. The number of nitrogens with one attached hydrogen (secondary N) is 1. The Morgan fingerprint density at radius 3 is 2.40 bits per heavy atom. The van der Waals surface area contributed by atoms with Gasteiger partial charge in [0.25, 0.3) is 0 Å². The first-order valence-corrected chi connectivity index (χ1v) is 9.08. The van der Waals surface area contributed by atoms with Gasteiger partial charge in [-0.25, -0.2) is 0 Å². The van der Waals surface area contributed by atoms with Crippen LogP contribution in [0, 0.1) is 12.8 Å². The van der Waals surface area contributed by atoms with Crippen LogP contribution >= 0.6 is 35.6 Å². The molecule has 138 valence electrons. The first-order chi connectivity index (χ1) is 11.5. The van der Waals surface area contributed by atoms with Crippen LogP contribution in [-0.4, -0.2) is 6.54 Å². The van der Waals surface area contributed by atoms with E-state index >= 15 is 0 Å². The summed E-state index contributed by atoms with van der Waals surface area (Å²) >= 11 is 12.5. The zero-order valence-electron chi connectivity index (χ0n) is 14.9. The number of halogens is 3. The molecule has 0 fully saturated rings. The third-order valence-corrected chi connectivity index (χ3v) is 4.30. The number of benzene rings is 2. The Balaban J connectivity index is 0.00000312. The topological polar surface area (TPSA) is 21.3 Å². The molecule has 0 unspecified atom stereocenters. The van der Waals surface area contributed by atoms with Crippen molar-refractivity contribution in [1.29, 1.82) is 0 Å². The van der Waals surface area contributed by atoms with Gasteiger partial charge in [0.05, 0.1) is 5.02 Å². The average Bonchev–Trinajstić information content (AvgIpc) is 2.52. The molecule has 0 spiro atoms. The van der Waals surface area contributed by atoms with Crippen LogP contribution in [0.3, 0.4) is 0 Å². The second-order valence-corrected chi connectivity index (χ2v) is 7.35. The highest BCUT2D eigenvalue weighted by molar-refractivity contribution is 6.35. The molecule has 5 heteroatoms. The van der Waals surface area contributed by atoms with Gasteiger partial charge in [-0.1, -0.05) is 66.9 Å². The van der Waals surface area contributed by atoms with Gasteiger partial charge in [0, 0.05) is 17.1 Å². The third-order valence-electron chi connectivity index (χ3n) is 3.80. The summed E-state index contributed by atoms with van der Waals surface area (Å²) in [6, 6.07) is 11.9. The fraction of sp³-hybridized carbons (Fsp3) is 0.400. The van der Waals surface area contributed by atoms with Crippen molar-refractivity contribution in [3.05, 3.63) is 63.1 Å². The summed E-state index contributed by atoms with van der Waals surface area (Å²) in [7, 11) is 0. The van der Waals surface area contributed by atoms with Gasteiger partial charge in [0.15, 0.2) is 0 Å². The Morgan fingerprint density at radius 2 is 1.76 bits per heavy atom. The number of aryl methyl sites for hydroxylation is 1. The molecule has 0 amide bonds. The number of hydrogen-bond acceptors (Lipinski definition) is 2. The van der Waals surface area contributed by atoms with Crippen LogP contribution in [0.5, 0.6) is 5.75 Å². The first-order valence-electron chi connectivity index (χ1n) is 8.32. The van der Waals surface area contributed by atoms with Crippen molar-refractivity contribution in [2.75, 3.05) is 6.54 Å². The maximum absolute atomic E-state index is 6.35. The molecule has 0 aliphatic rings. The van der Waals surface area contributed by atoms with Gasteiger partial charge in [-0.15, -0.1) is 12.4 Å². The number of hydrogen-bond donors (Lipinski definition) is 1. The molecule has 0 atom stereocenters. The van der Waals surface area contributed by atoms with Gasteiger partial charge in [-0.05, 0) is 43.5 Å².